The number of rotatable bonds is 23. The van der Waals surface area contributed by atoms with Gasteiger partial charge in [-0.1, -0.05) is 204 Å². The first-order valence-corrected chi connectivity index (χ1v) is 51.8. The monoisotopic (exact) mass is 2270 g/mol. The standard InChI is InChI=1S/C23H27N3O4.C19H19NO4.2C13H25N3O3.C8H17N3O2.C4H10N2O.C2H6.7CH4.4HI.V/c1-14(21(27)24-3)25-22(28)15(2)26(4)23(29)30-13-20-18-11-7-5-9-16(18)17-10-6-8-12-19(17)20;1-12(18(21)22)20(2)19(23)24-11-17-15-9-5-3-7-13(15)14-8-4-6-10-16(14)17;2*1-8(10(17)14-6)15-11(18)9(2)16(7)12(19)13(3,4)5;1-5(9-3)8(13)11-6(2)7(12)10-4;1-3(5)4(7)6-2;1-2;;;;;;;;;;;;/h5-12,14-15,20H,13H2,1-4H3,(H,24,27)(H,25,28);3-10,12,17H,11H2,1-2H3,(H,21,22);2*8-9H,1-7H3,(H,14,17)(H,15,18);5-6,9H,1-4H3,(H,10,12)(H,11,13);3H,5H2,1-2H3,(H,6,7);1-2H3;7*1H4;4*1H;/q;;;;;;;;;;;;;;;;;;+3/p-3. The van der Waals surface area contributed by atoms with Gasteiger partial charge in [0.05, 0.1) is 12.1 Å². The van der Waals surface area contributed by atoms with E-state index in [0.29, 0.717) is 0 Å². The van der Waals surface area contributed by atoms with E-state index < -0.39 is 83.2 Å². The fourth-order valence-electron chi connectivity index (χ4n) is 10.6. The molecule has 0 saturated carbocycles. The van der Waals surface area contributed by atoms with E-state index in [1.54, 1.807) is 132 Å². The van der Waals surface area contributed by atoms with Gasteiger partial charge in [0.25, 0.3) is 0 Å². The molecular formula is C89H158I4N15O17V. The Balaban J connectivity index is -0.000000162. The van der Waals surface area contributed by atoms with Gasteiger partial charge in [-0.05, 0) is 121 Å². The minimum absolute atomic E-state index is 0. The Bertz CT molecular complexity index is 3800. The second-order valence-corrected chi connectivity index (χ2v) is 64.6. The van der Waals surface area contributed by atoms with Gasteiger partial charge in [-0.15, -0.1) is 24.0 Å². The van der Waals surface area contributed by atoms with Crippen LogP contribution in [0.2, 0.25) is 0 Å². The van der Waals surface area contributed by atoms with Crippen LogP contribution in [0.5, 0.6) is 0 Å². The van der Waals surface area contributed by atoms with Crippen LogP contribution in [0.4, 0.5) is 9.59 Å². The third-order valence-electron chi connectivity index (χ3n) is 18.5. The summed E-state index contributed by atoms with van der Waals surface area (Å²) in [5, 5.41) is 34.3. The Morgan fingerprint density at radius 2 is 0.579 bits per heavy atom. The van der Waals surface area contributed by atoms with Gasteiger partial charge in [-0.25, -0.2) is 14.4 Å². The molecule has 0 fully saturated rings. The first kappa shape index (κ1) is 139. The zero-order chi connectivity index (χ0) is 91.7. The van der Waals surface area contributed by atoms with Crippen molar-refractivity contribution < 1.29 is 86.6 Å². The molecule has 126 heavy (non-hydrogen) atoms. The summed E-state index contributed by atoms with van der Waals surface area (Å²) in [6, 6.07) is 26.2. The Kier molecular flexibility index (Phi) is 76.6. The van der Waals surface area contributed by atoms with E-state index in [4.69, 9.17) is 20.3 Å². The molecule has 10 atom stereocenters. The number of nitrogens with one attached hydrogen (secondary N) is 10. The molecule has 6 rings (SSSR count). The molecule has 4 aromatic carbocycles. The fraction of sp³-hybridized carbons (Fsp3) is 0.573. The normalized spacial score (nSPS) is 12.8. The Morgan fingerprint density at radius 3 is 0.770 bits per heavy atom. The van der Waals surface area contributed by atoms with Crippen LogP contribution in [0.3, 0.4) is 0 Å². The van der Waals surface area contributed by atoms with E-state index in [9.17, 15) is 67.1 Å². The maximum absolute atomic E-state index is 12.6. The first-order chi connectivity index (χ1) is 54.8. The van der Waals surface area contributed by atoms with E-state index in [-0.39, 0.29) is 177 Å². The molecule has 0 radical (unpaired) electrons. The Labute approximate surface area is 810 Å². The van der Waals surface area contributed by atoms with Crippen LogP contribution in [-0.4, -0.2) is 252 Å². The SMILES string of the molecule is C.C.C.C.C.C.C.CC.CC(C(=O)O)N(C)C(=O)OCC1c2ccccc2-c2ccccc21.CNC(=O)C(C)N.CNC(=O)C(C)NC(=O)C(C)N(C)C(=O)C(C)(C)C.CNC(=O)C(C)NC(=O)C(C)N(C)C(=O)C(C)(C)C.CNC(=O)C(C)NC(=O)C(C)N(C)C(=O)OCC1c2ccccc2-c2ccccc21.CNC(=O)C(C)NC(=O)C(C)NC.I.[I][V]([I])[I]. The van der Waals surface area contributed by atoms with Crippen LogP contribution in [0.25, 0.3) is 22.3 Å². The van der Waals surface area contributed by atoms with Crippen molar-refractivity contribution in [3.8, 4) is 22.3 Å². The van der Waals surface area contributed by atoms with Crippen LogP contribution >= 0.6 is 83.9 Å². The summed E-state index contributed by atoms with van der Waals surface area (Å²) in [7, 11) is 15.4. The third-order valence-corrected chi connectivity index (χ3v) is 18.5. The van der Waals surface area contributed by atoms with Gasteiger partial charge in [0.1, 0.15) is 61.5 Å². The number of nitrogens with two attached hydrogens (primary N) is 1. The van der Waals surface area contributed by atoms with Crippen LogP contribution in [-0.2, 0) is 71.9 Å². The van der Waals surface area contributed by atoms with E-state index in [1.807, 2.05) is 86.6 Å². The van der Waals surface area contributed by atoms with Crippen LogP contribution in [0.15, 0.2) is 97.1 Å². The van der Waals surface area contributed by atoms with Crippen molar-refractivity contribution >= 4 is 167 Å². The molecule has 0 aliphatic heterocycles. The van der Waals surface area contributed by atoms with Crippen molar-refractivity contribution in [3.63, 3.8) is 0 Å². The maximum atomic E-state index is 12.6. The topological polar surface area (TPSA) is 437 Å². The Morgan fingerprint density at radius 1 is 0.373 bits per heavy atom. The van der Waals surface area contributed by atoms with Crippen molar-refractivity contribution in [2.75, 3.05) is 83.7 Å². The number of likely N-dealkylation sites (N-methyl/N-ethyl adjacent to an activating group) is 10. The number of benzene rings is 4. The fourth-order valence-corrected chi connectivity index (χ4v) is 10.6. The Hall–Kier alpha value is -7.52. The minimum atomic E-state index is -1.06. The molecule has 13 N–H and O–H groups in total. The number of hydrogen-bond donors (Lipinski definition) is 12. The van der Waals surface area contributed by atoms with E-state index >= 15 is 0 Å². The van der Waals surface area contributed by atoms with E-state index in [2.05, 4.69) is 137 Å². The van der Waals surface area contributed by atoms with Crippen molar-refractivity contribution in [1.29, 1.82) is 0 Å². The number of halogens is 4. The molecule has 0 aromatic heterocycles. The molecule has 2 aliphatic carbocycles. The molecule has 0 saturated heterocycles. The van der Waals surface area contributed by atoms with Crippen molar-refractivity contribution in [3.05, 3.63) is 119 Å². The van der Waals surface area contributed by atoms with Crippen molar-refractivity contribution in [2.24, 2.45) is 16.6 Å². The van der Waals surface area contributed by atoms with Gasteiger partial charge in [-0.2, -0.15) is 0 Å². The number of carboxylic acids is 1. The number of nitrogens with zero attached hydrogens (tertiary/aromatic N) is 4. The van der Waals surface area contributed by atoms with E-state index in [1.165, 1.54) is 63.9 Å². The van der Waals surface area contributed by atoms with Gasteiger partial charge >= 0.3 is 83.0 Å². The molecule has 32 nitrogen and oxygen atoms in total. The zero-order valence-corrected chi connectivity index (χ0v) is 84.1. The van der Waals surface area contributed by atoms with Crippen LogP contribution in [0.1, 0.15) is 211 Å². The number of carbonyl (C=O) groups excluding carboxylic acids is 13. The summed E-state index contributed by atoms with van der Waals surface area (Å²) >= 11 is 7.39. The third kappa shape index (κ3) is 46.7. The number of ether oxygens (including phenoxy) is 2. The summed E-state index contributed by atoms with van der Waals surface area (Å²) < 4.78 is 11.0. The van der Waals surface area contributed by atoms with Gasteiger partial charge < -0.3 is 83.3 Å². The molecule has 0 bridgehead atoms. The van der Waals surface area contributed by atoms with Crippen LogP contribution < -0.4 is 58.9 Å². The molecule has 13 amide bonds. The van der Waals surface area contributed by atoms with Gasteiger partial charge in [0, 0.05) is 86.1 Å². The molecule has 10 unspecified atom stereocenters. The first-order valence-electron chi connectivity index (χ1n) is 38.3. The van der Waals surface area contributed by atoms with Crippen molar-refractivity contribution in [2.45, 2.75) is 249 Å². The molecule has 2 aliphatic rings. The van der Waals surface area contributed by atoms with Gasteiger partial charge in [0.15, 0.2) is 0 Å². The molecule has 37 heteroatoms. The second-order valence-electron chi connectivity index (χ2n) is 29.2. The number of amides is 13. The molecule has 4 aromatic rings. The number of hydrogen-bond acceptors (Lipinski definition) is 18. The summed E-state index contributed by atoms with van der Waals surface area (Å²) in [6.07, 6.45) is -1.22. The number of carboxylic acid groups (broad SMARTS) is 1. The van der Waals surface area contributed by atoms with Crippen molar-refractivity contribution in [1.82, 2.24) is 72.8 Å². The predicted molar refractivity (Wildman–Crippen MR) is 544 cm³/mol. The summed E-state index contributed by atoms with van der Waals surface area (Å²) in [6.45, 7) is 31.2. The second kappa shape index (κ2) is 69.5. The number of fused-ring (bicyclic) bond motifs is 6. The summed E-state index contributed by atoms with van der Waals surface area (Å²) in [5.74, 6) is -3.88. The number of carbonyl (C=O) groups is 14. The summed E-state index contributed by atoms with van der Waals surface area (Å²) in [5.41, 5.74) is 13.2. The predicted octanol–water partition coefficient (Wildman–Crippen LogP) is 12.8. The quantitative estimate of drug-likeness (QED) is 0.0307. The molecule has 724 valence electrons. The van der Waals surface area contributed by atoms with Gasteiger partial charge in [0.2, 0.25) is 65.0 Å². The molecular weight excluding hydrogens is 2110 g/mol. The average molecular weight is 2270 g/mol. The zero-order valence-electron chi connectivity index (χ0n) is 73.9. The average Bonchev–Trinajstić information content (AvgIpc) is 1.62. The molecule has 0 spiro atoms. The molecule has 0 heterocycles. The van der Waals surface area contributed by atoms with E-state index in [0.717, 1.165) is 49.4 Å². The number of aliphatic carboxylic acids is 1. The van der Waals surface area contributed by atoms with Crippen LogP contribution in [0, 0.1) is 10.8 Å². The van der Waals surface area contributed by atoms with Gasteiger partial charge in [-0.3, -0.25) is 62.5 Å². The summed E-state index contributed by atoms with van der Waals surface area (Å²) in [4.78, 5) is 168.